The van der Waals surface area contributed by atoms with E-state index in [1.165, 1.54) is 11.8 Å². The number of carbonyl (C=O) groups is 2. The minimum atomic E-state index is -1.08. The Morgan fingerprint density at radius 1 is 1.13 bits per heavy atom. The molecule has 0 saturated carbocycles. The molecule has 116 valence electrons. The number of thioether (sulfide) groups is 2. The highest BCUT2D eigenvalue weighted by atomic mass is 32.2. The normalized spacial score (nSPS) is 15.5. The zero-order valence-corrected chi connectivity index (χ0v) is 14.3. The summed E-state index contributed by atoms with van der Waals surface area (Å²) in [6, 6.07) is 12.9. The summed E-state index contributed by atoms with van der Waals surface area (Å²) in [5.74, 6) is -1.29. The lowest BCUT2D eigenvalue weighted by Gasteiger charge is -2.06. The third-order valence-electron chi connectivity index (χ3n) is 3.62. The molecule has 2 aromatic rings. The molecule has 0 saturated heterocycles. The standard InChI is InChI=1S/C18H14O3S2/c1-10-3-8-14-13(9-10)16(19)17(23-14)15(18(20)21)11-4-6-12(22-2)7-5-11/h3-9H,1-2H3,(H,20,21). The maximum atomic E-state index is 12.6. The first-order valence-corrected chi connectivity index (χ1v) is 9.00. The van der Waals surface area contributed by atoms with Gasteiger partial charge in [0.25, 0.3) is 0 Å². The van der Waals surface area contributed by atoms with E-state index >= 15 is 0 Å². The van der Waals surface area contributed by atoms with Crippen LogP contribution in [0, 0.1) is 6.92 Å². The van der Waals surface area contributed by atoms with Crippen molar-refractivity contribution < 1.29 is 14.7 Å². The molecule has 1 aliphatic heterocycles. The second-order valence-corrected chi connectivity index (χ2v) is 7.10. The Kier molecular flexibility index (Phi) is 4.33. The third-order valence-corrected chi connectivity index (χ3v) is 5.53. The highest BCUT2D eigenvalue weighted by Crippen LogP contribution is 2.44. The zero-order chi connectivity index (χ0) is 16.6. The first-order valence-electron chi connectivity index (χ1n) is 6.96. The Bertz CT molecular complexity index is 836. The number of carboxylic acid groups (broad SMARTS) is 1. The highest BCUT2D eigenvalue weighted by molar-refractivity contribution is 8.05. The van der Waals surface area contributed by atoms with Crippen molar-refractivity contribution in [1.82, 2.24) is 0 Å². The van der Waals surface area contributed by atoms with Crippen molar-refractivity contribution in [3.05, 3.63) is 64.1 Å². The summed E-state index contributed by atoms with van der Waals surface area (Å²) in [6.45, 7) is 1.92. The number of aryl methyl sites for hydroxylation is 1. The topological polar surface area (TPSA) is 54.4 Å². The fraction of sp³-hybridized carbons (Fsp3) is 0.111. The fourth-order valence-electron chi connectivity index (χ4n) is 2.46. The fourth-order valence-corrected chi connectivity index (χ4v) is 4.00. The van der Waals surface area contributed by atoms with E-state index in [1.54, 1.807) is 23.9 Å². The molecule has 0 unspecified atom stereocenters. The van der Waals surface area contributed by atoms with Gasteiger partial charge < -0.3 is 5.11 Å². The van der Waals surface area contributed by atoms with E-state index < -0.39 is 5.97 Å². The van der Waals surface area contributed by atoms with Crippen molar-refractivity contribution >= 4 is 40.8 Å². The van der Waals surface area contributed by atoms with Gasteiger partial charge in [-0.25, -0.2) is 4.79 Å². The predicted octanol–water partition coefficient (Wildman–Crippen LogP) is 4.50. The lowest BCUT2D eigenvalue weighted by Crippen LogP contribution is -2.06. The number of rotatable bonds is 3. The van der Waals surface area contributed by atoms with E-state index in [2.05, 4.69) is 0 Å². The molecular formula is C18H14O3S2. The molecule has 5 heteroatoms. The number of fused-ring (bicyclic) bond motifs is 1. The largest absolute Gasteiger partial charge is 0.478 e. The Balaban J connectivity index is 2.12. The number of hydrogen-bond donors (Lipinski definition) is 1. The average Bonchev–Trinajstić information content (AvgIpc) is 2.85. The Morgan fingerprint density at radius 3 is 2.43 bits per heavy atom. The smallest absolute Gasteiger partial charge is 0.337 e. The summed E-state index contributed by atoms with van der Waals surface area (Å²) in [5, 5.41) is 9.64. The summed E-state index contributed by atoms with van der Waals surface area (Å²) >= 11 is 2.82. The molecule has 23 heavy (non-hydrogen) atoms. The maximum Gasteiger partial charge on any atom is 0.337 e. The number of benzene rings is 2. The van der Waals surface area contributed by atoms with Crippen LogP contribution in [-0.2, 0) is 4.79 Å². The molecule has 0 amide bonds. The molecule has 2 aromatic carbocycles. The molecule has 0 aliphatic carbocycles. The zero-order valence-electron chi connectivity index (χ0n) is 12.6. The van der Waals surface area contributed by atoms with Crippen LogP contribution in [0.2, 0.25) is 0 Å². The van der Waals surface area contributed by atoms with Crippen LogP contribution >= 0.6 is 23.5 Å². The highest BCUT2D eigenvalue weighted by Gasteiger charge is 2.31. The SMILES string of the molecule is CSc1ccc(C(C(=O)O)=C2Sc3ccc(C)cc3C2=O)cc1. The van der Waals surface area contributed by atoms with E-state index in [1.807, 2.05) is 43.5 Å². The van der Waals surface area contributed by atoms with Crippen LogP contribution in [0.15, 0.2) is 57.2 Å². The lowest BCUT2D eigenvalue weighted by atomic mass is 10.0. The van der Waals surface area contributed by atoms with Crippen LogP contribution < -0.4 is 0 Å². The number of carboxylic acids is 1. The summed E-state index contributed by atoms with van der Waals surface area (Å²) in [5.41, 5.74) is 2.20. The molecule has 1 aliphatic rings. The number of ketones is 1. The van der Waals surface area contributed by atoms with E-state index in [0.717, 1.165) is 15.4 Å². The molecule has 3 nitrogen and oxygen atoms in total. The van der Waals surface area contributed by atoms with Crippen LogP contribution in [0.4, 0.5) is 0 Å². The molecule has 0 bridgehead atoms. The Hall–Kier alpha value is -1.98. The first kappa shape index (κ1) is 15.9. The number of aliphatic carboxylic acids is 1. The summed E-state index contributed by atoms with van der Waals surface area (Å²) in [4.78, 5) is 26.6. The molecule has 0 radical (unpaired) electrons. The molecule has 0 aromatic heterocycles. The minimum absolute atomic E-state index is 0.0708. The van der Waals surface area contributed by atoms with Crippen molar-refractivity contribution in [2.45, 2.75) is 16.7 Å². The second kappa shape index (κ2) is 6.26. The summed E-state index contributed by atoms with van der Waals surface area (Å²) in [7, 11) is 0. The van der Waals surface area contributed by atoms with Crippen LogP contribution in [0.1, 0.15) is 21.5 Å². The molecule has 0 atom stereocenters. The van der Waals surface area contributed by atoms with Crippen molar-refractivity contribution in [3.63, 3.8) is 0 Å². The molecule has 0 fully saturated rings. The van der Waals surface area contributed by atoms with Gasteiger partial charge in [-0.3, -0.25) is 4.79 Å². The van der Waals surface area contributed by atoms with Gasteiger partial charge in [0.1, 0.15) is 0 Å². The van der Waals surface area contributed by atoms with Crippen LogP contribution in [-0.4, -0.2) is 23.1 Å². The molecule has 1 heterocycles. The van der Waals surface area contributed by atoms with E-state index in [4.69, 9.17) is 0 Å². The van der Waals surface area contributed by atoms with E-state index in [0.29, 0.717) is 11.1 Å². The quantitative estimate of drug-likeness (QED) is 0.657. The van der Waals surface area contributed by atoms with Gasteiger partial charge in [0.15, 0.2) is 0 Å². The molecule has 3 rings (SSSR count). The van der Waals surface area contributed by atoms with Crippen molar-refractivity contribution in [1.29, 1.82) is 0 Å². The maximum absolute atomic E-state index is 12.6. The van der Waals surface area contributed by atoms with Crippen LogP contribution in [0.25, 0.3) is 5.57 Å². The second-order valence-electron chi connectivity index (χ2n) is 5.17. The molecular weight excluding hydrogens is 328 g/mol. The van der Waals surface area contributed by atoms with Gasteiger partial charge >= 0.3 is 5.97 Å². The van der Waals surface area contributed by atoms with E-state index in [9.17, 15) is 14.7 Å². The van der Waals surface area contributed by atoms with Gasteiger partial charge in [-0.1, -0.05) is 35.5 Å². The van der Waals surface area contributed by atoms with E-state index in [-0.39, 0.29) is 16.3 Å². The van der Waals surface area contributed by atoms with Crippen LogP contribution in [0.5, 0.6) is 0 Å². The number of carbonyl (C=O) groups excluding carboxylic acids is 1. The van der Waals surface area contributed by atoms with Gasteiger partial charge in [0.2, 0.25) is 5.78 Å². The van der Waals surface area contributed by atoms with Crippen molar-refractivity contribution in [2.75, 3.05) is 6.26 Å². The van der Waals surface area contributed by atoms with Gasteiger partial charge in [-0.05, 0) is 43.0 Å². The lowest BCUT2D eigenvalue weighted by molar-refractivity contribution is -0.130. The monoisotopic (exact) mass is 342 g/mol. The Labute approximate surface area is 142 Å². The molecule has 1 N–H and O–H groups in total. The predicted molar refractivity (Wildman–Crippen MR) is 94.1 cm³/mol. The van der Waals surface area contributed by atoms with Gasteiger partial charge in [0.05, 0.1) is 10.5 Å². The number of Topliss-reactive ketones (excluding diaryl/α,β-unsaturated/α-hetero) is 1. The van der Waals surface area contributed by atoms with Crippen molar-refractivity contribution in [3.8, 4) is 0 Å². The van der Waals surface area contributed by atoms with Crippen LogP contribution in [0.3, 0.4) is 0 Å². The molecule has 0 spiro atoms. The number of hydrogen-bond acceptors (Lipinski definition) is 4. The Morgan fingerprint density at radius 2 is 1.83 bits per heavy atom. The van der Waals surface area contributed by atoms with Crippen molar-refractivity contribution in [2.24, 2.45) is 0 Å². The average molecular weight is 342 g/mol. The minimum Gasteiger partial charge on any atom is -0.478 e. The summed E-state index contributed by atoms with van der Waals surface area (Å²) < 4.78 is 0. The van der Waals surface area contributed by atoms with Gasteiger partial charge in [-0.15, -0.1) is 11.8 Å². The van der Waals surface area contributed by atoms with Gasteiger partial charge in [-0.2, -0.15) is 0 Å². The first-order chi connectivity index (χ1) is 11.0. The van der Waals surface area contributed by atoms with Gasteiger partial charge in [0, 0.05) is 15.4 Å². The number of allylic oxidation sites excluding steroid dienone is 1. The third kappa shape index (κ3) is 2.94. The summed E-state index contributed by atoms with van der Waals surface area (Å²) in [6.07, 6.45) is 1.96.